The second-order valence-electron chi connectivity index (χ2n) is 6.08. The van der Waals surface area contributed by atoms with Gasteiger partial charge in [-0.2, -0.15) is 5.10 Å². The van der Waals surface area contributed by atoms with Gasteiger partial charge in [0.15, 0.2) is 0 Å². The van der Waals surface area contributed by atoms with Crippen molar-refractivity contribution in [2.45, 2.75) is 31.6 Å². The molecule has 2 fully saturated rings. The Balaban J connectivity index is 1.39. The van der Waals surface area contributed by atoms with Crippen LogP contribution in [0.4, 0.5) is 0 Å². The molecular weight excluding hydrogens is 284 g/mol. The number of aryl methyl sites for hydroxylation is 1. The van der Waals surface area contributed by atoms with Crippen LogP contribution in [-0.2, 0) is 18.3 Å². The number of piperidine rings is 1. The normalized spacial score (nSPS) is 29.7. The zero-order valence-electron chi connectivity index (χ0n) is 12.2. The molecule has 2 aromatic heterocycles. The van der Waals surface area contributed by atoms with Gasteiger partial charge in [0.2, 0.25) is 0 Å². The molecule has 2 aliphatic rings. The highest BCUT2D eigenvalue weighted by atomic mass is 32.1. The number of nitrogens with zero attached hydrogens (tertiary/aromatic N) is 4. The van der Waals surface area contributed by atoms with E-state index in [1.54, 1.807) is 11.3 Å². The molecule has 0 saturated carbocycles. The zero-order chi connectivity index (χ0) is 14.2. The van der Waals surface area contributed by atoms with Crippen LogP contribution in [0, 0.1) is 5.92 Å². The molecule has 21 heavy (non-hydrogen) atoms. The lowest BCUT2D eigenvalue weighted by Gasteiger charge is -2.33. The molecule has 0 unspecified atom stereocenters. The third-order valence-corrected chi connectivity index (χ3v) is 5.39. The number of likely N-dealkylation sites (tertiary alicyclic amines) is 1. The summed E-state index contributed by atoms with van der Waals surface area (Å²) in [5.74, 6) is 0.698. The Morgan fingerprint density at radius 1 is 1.48 bits per heavy atom. The lowest BCUT2D eigenvalue weighted by molar-refractivity contribution is -0.00939. The van der Waals surface area contributed by atoms with Gasteiger partial charge in [-0.3, -0.25) is 9.58 Å². The SMILES string of the molecule is Cn1cc(CN2CC[C@@H]3C[C@@H](c4nccs4)O[C@H]3C2)cn1. The van der Waals surface area contributed by atoms with Crippen molar-refractivity contribution < 1.29 is 4.74 Å². The second kappa shape index (κ2) is 5.51. The summed E-state index contributed by atoms with van der Waals surface area (Å²) in [6.07, 6.45) is 8.88. The Morgan fingerprint density at radius 2 is 2.43 bits per heavy atom. The van der Waals surface area contributed by atoms with E-state index in [4.69, 9.17) is 4.74 Å². The van der Waals surface area contributed by atoms with Crippen molar-refractivity contribution in [3.05, 3.63) is 34.5 Å². The first kappa shape index (κ1) is 13.4. The third kappa shape index (κ3) is 2.75. The van der Waals surface area contributed by atoms with Gasteiger partial charge in [-0.25, -0.2) is 4.98 Å². The van der Waals surface area contributed by atoms with Gasteiger partial charge < -0.3 is 4.74 Å². The minimum atomic E-state index is 0.221. The Hall–Kier alpha value is -1.24. The Morgan fingerprint density at radius 3 is 3.19 bits per heavy atom. The van der Waals surface area contributed by atoms with E-state index >= 15 is 0 Å². The Bertz CT molecular complexity index is 597. The number of hydrogen-bond acceptors (Lipinski definition) is 5. The fourth-order valence-corrected chi connectivity index (χ4v) is 4.19. The zero-order valence-corrected chi connectivity index (χ0v) is 13.0. The summed E-state index contributed by atoms with van der Waals surface area (Å²) in [5.41, 5.74) is 1.28. The van der Waals surface area contributed by atoms with Crippen LogP contribution in [0.3, 0.4) is 0 Å². The molecule has 2 aliphatic heterocycles. The van der Waals surface area contributed by atoms with Gasteiger partial charge in [-0.15, -0.1) is 11.3 Å². The van der Waals surface area contributed by atoms with E-state index in [9.17, 15) is 0 Å². The van der Waals surface area contributed by atoms with Crippen molar-refractivity contribution in [1.82, 2.24) is 19.7 Å². The van der Waals surface area contributed by atoms with Crippen LogP contribution >= 0.6 is 11.3 Å². The Kier molecular flexibility index (Phi) is 3.52. The smallest absolute Gasteiger partial charge is 0.121 e. The fourth-order valence-electron chi connectivity index (χ4n) is 3.50. The van der Waals surface area contributed by atoms with E-state index in [1.165, 1.54) is 12.0 Å². The number of ether oxygens (including phenoxy) is 1. The summed E-state index contributed by atoms with van der Waals surface area (Å²) in [4.78, 5) is 6.90. The number of rotatable bonds is 3. The number of aromatic nitrogens is 3. The van der Waals surface area contributed by atoms with Gasteiger partial charge >= 0.3 is 0 Å². The van der Waals surface area contributed by atoms with Crippen molar-refractivity contribution in [2.24, 2.45) is 13.0 Å². The van der Waals surface area contributed by atoms with Gasteiger partial charge in [-0.1, -0.05) is 0 Å². The van der Waals surface area contributed by atoms with E-state index in [0.717, 1.165) is 31.1 Å². The topological polar surface area (TPSA) is 43.2 Å². The summed E-state index contributed by atoms with van der Waals surface area (Å²) in [6, 6.07) is 0. The van der Waals surface area contributed by atoms with E-state index in [0.29, 0.717) is 12.0 Å². The van der Waals surface area contributed by atoms with Crippen LogP contribution in [0.15, 0.2) is 24.0 Å². The maximum absolute atomic E-state index is 6.27. The molecule has 0 N–H and O–H groups in total. The van der Waals surface area contributed by atoms with E-state index in [-0.39, 0.29) is 6.10 Å². The van der Waals surface area contributed by atoms with Crippen LogP contribution in [0.1, 0.15) is 29.5 Å². The van der Waals surface area contributed by atoms with Crippen LogP contribution in [0.25, 0.3) is 0 Å². The summed E-state index contributed by atoms with van der Waals surface area (Å²) in [7, 11) is 1.97. The fraction of sp³-hybridized carbons (Fsp3) is 0.600. The molecule has 3 atom stereocenters. The van der Waals surface area contributed by atoms with Gasteiger partial charge in [0.1, 0.15) is 11.1 Å². The molecule has 2 saturated heterocycles. The standard InChI is InChI=1S/C15H20N4OS/c1-18-8-11(7-17-18)9-19-4-2-12-6-13(20-14(12)10-19)15-16-3-5-21-15/h3,5,7-8,12-14H,2,4,6,9-10H2,1H3/t12-,13+,14+/m1/s1. The van der Waals surface area contributed by atoms with Crippen LogP contribution in [0.2, 0.25) is 0 Å². The Labute approximate surface area is 128 Å². The lowest BCUT2D eigenvalue weighted by Crippen LogP contribution is -2.41. The third-order valence-electron chi connectivity index (χ3n) is 4.53. The van der Waals surface area contributed by atoms with Crippen LogP contribution in [0.5, 0.6) is 0 Å². The molecular formula is C15H20N4OS. The summed E-state index contributed by atoms with van der Waals surface area (Å²) in [6.45, 7) is 3.16. The molecule has 4 rings (SSSR count). The largest absolute Gasteiger partial charge is 0.366 e. The minimum Gasteiger partial charge on any atom is -0.366 e. The summed E-state index contributed by atoms with van der Waals surface area (Å²) < 4.78 is 8.14. The average Bonchev–Trinajstić information content (AvgIpc) is 3.18. The molecule has 5 nitrogen and oxygen atoms in total. The first-order valence-corrected chi connectivity index (χ1v) is 8.40. The predicted molar refractivity (Wildman–Crippen MR) is 80.9 cm³/mol. The number of fused-ring (bicyclic) bond motifs is 1. The maximum Gasteiger partial charge on any atom is 0.121 e. The summed E-state index contributed by atoms with van der Waals surface area (Å²) in [5, 5.41) is 7.43. The van der Waals surface area contributed by atoms with E-state index in [2.05, 4.69) is 21.2 Å². The molecule has 6 heteroatoms. The van der Waals surface area contributed by atoms with Crippen molar-refractivity contribution in [3.63, 3.8) is 0 Å². The summed E-state index contributed by atoms with van der Waals surface area (Å²) >= 11 is 1.71. The highest BCUT2D eigenvalue weighted by Gasteiger charge is 2.40. The minimum absolute atomic E-state index is 0.221. The van der Waals surface area contributed by atoms with E-state index < -0.39 is 0 Å². The van der Waals surface area contributed by atoms with Gasteiger partial charge in [-0.05, 0) is 25.3 Å². The average molecular weight is 304 g/mol. The molecule has 0 radical (unpaired) electrons. The molecule has 0 bridgehead atoms. The highest BCUT2D eigenvalue weighted by Crippen LogP contribution is 2.41. The molecule has 0 aliphatic carbocycles. The molecule has 0 aromatic carbocycles. The van der Waals surface area contributed by atoms with Crippen molar-refractivity contribution in [2.75, 3.05) is 13.1 Å². The van der Waals surface area contributed by atoms with Gasteiger partial charge in [0.25, 0.3) is 0 Å². The molecule has 0 spiro atoms. The van der Waals surface area contributed by atoms with Crippen LogP contribution in [-0.4, -0.2) is 38.9 Å². The quantitative estimate of drug-likeness (QED) is 0.872. The van der Waals surface area contributed by atoms with Gasteiger partial charge in [0, 0.05) is 43.5 Å². The van der Waals surface area contributed by atoms with Crippen LogP contribution < -0.4 is 0 Å². The molecule has 0 amide bonds. The van der Waals surface area contributed by atoms with Crippen molar-refractivity contribution >= 4 is 11.3 Å². The lowest BCUT2D eigenvalue weighted by atomic mass is 9.92. The highest BCUT2D eigenvalue weighted by molar-refractivity contribution is 7.09. The van der Waals surface area contributed by atoms with Crippen molar-refractivity contribution in [1.29, 1.82) is 0 Å². The molecule has 4 heterocycles. The predicted octanol–water partition coefficient (Wildman–Crippen LogP) is 2.23. The number of hydrogen-bond donors (Lipinski definition) is 0. The molecule has 112 valence electrons. The van der Waals surface area contributed by atoms with Gasteiger partial charge in [0.05, 0.1) is 12.3 Å². The number of thiazole rings is 1. The first-order chi connectivity index (χ1) is 10.3. The maximum atomic E-state index is 6.27. The van der Waals surface area contributed by atoms with E-state index in [1.807, 2.05) is 29.5 Å². The van der Waals surface area contributed by atoms with Crippen molar-refractivity contribution in [3.8, 4) is 0 Å². The second-order valence-corrected chi connectivity index (χ2v) is 7.00. The monoisotopic (exact) mass is 304 g/mol. The molecule has 2 aromatic rings. The first-order valence-electron chi connectivity index (χ1n) is 7.52.